The van der Waals surface area contributed by atoms with Crippen molar-refractivity contribution in [1.29, 1.82) is 0 Å². The van der Waals surface area contributed by atoms with E-state index in [1.807, 2.05) is 36.4 Å². The normalized spacial score (nSPS) is 12.0. The predicted octanol–water partition coefficient (Wildman–Crippen LogP) is 2.02. The van der Waals surface area contributed by atoms with Gasteiger partial charge in [-0.3, -0.25) is 4.79 Å². The zero-order valence-corrected chi connectivity index (χ0v) is 15.2. The third-order valence-electron chi connectivity index (χ3n) is 3.04. The number of amides is 1. The van der Waals surface area contributed by atoms with Crippen LogP contribution in [0.25, 0.3) is 0 Å². The maximum absolute atomic E-state index is 12.4. The molecule has 0 unspecified atom stereocenters. The highest BCUT2D eigenvalue weighted by Gasteiger charge is 2.22. The van der Waals surface area contributed by atoms with Gasteiger partial charge in [0.2, 0.25) is 10.0 Å². The highest BCUT2D eigenvalue weighted by molar-refractivity contribution is 14.1. The Morgan fingerprint density at radius 3 is 2.20 bits per heavy atom. The van der Waals surface area contributed by atoms with Crippen molar-refractivity contribution in [3.05, 3.63) is 27.3 Å². The molecule has 7 heteroatoms. The lowest BCUT2D eigenvalue weighted by atomic mass is 10.2. The Hall–Kier alpha value is -0.670. The van der Waals surface area contributed by atoms with Gasteiger partial charge in [0.25, 0.3) is 5.91 Å². The smallest absolute Gasteiger partial charge is 0.254 e. The number of hydrogen-bond acceptors (Lipinski definition) is 3. The molecule has 0 atom stereocenters. The molecule has 0 N–H and O–H groups in total. The molecule has 1 aromatic carbocycles. The average Bonchev–Trinajstić information content (AvgIpc) is 2.36. The molecule has 0 aliphatic carbocycles. The fourth-order valence-electron chi connectivity index (χ4n) is 1.46. The summed E-state index contributed by atoms with van der Waals surface area (Å²) in [5.41, 5.74) is 0.407. The van der Waals surface area contributed by atoms with Gasteiger partial charge in [0.05, 0.1) is 10.5 Å². The van der Waals surface area contributed by atoms with Crippen LogP contribution in [0, 0.1) is 3.57 Å². The highest BCUT2D eigenvalue weighted by atomic mass is 127. The summed E-state index contributed by atoms with van der Waals surface area (Å²) in [7, 11) is 1.10. The van der Waals surface area contributed by atoms with Crippen molar-refractivity contribution in [2.24, 2.45) is 0 Å². The first-order valence-electron chi connectivity index (χ1n) is 6.08. The van der Waals surface area contributed by atoms with Crippen LogP contribution in [0.1, 0.15) is 24.2 Å². The van der Waals surface area contributed by atoms with Crippen LogP contribution in [-0.2, 0) is 10.0 Å². The number of carbonyl (C=O) groups excluding carboxylic acids is 1. The van der Waals surface area contributed by atoms with Crippen LogP contribution >= 0.6 is 22.6 Å². The Kier molecular flexibility index (Phi) is 5.56. The van der Waals surface area contributed by atoms with E-state index in [0.29, 0.717) is 5.56 Å². The van der Waals surface area contributed by atoms with Gasteiger partial charge in [-0.05, 0) is 54.6 Å². The van der Waals surface area contributed by atoms with Crippen molar-refractivity contribution in [2.75, 3.05) is 21.1 Å². The summed E-state index contributed by atoms with van der Waals surface area (Å²) in [5, 5.41) is 0. The minimum atomic E-state index is -3.54. The lowest BCUT2D eigenvalue weighted by Crippen LogP contribution is -2.33. The first-order valence-corrected chi connectivity index (χ1v) is 8.60. The number of nitrogens with zero attached hydrogens (tertiary/aromatic N) is 2. The van der Waals surface area contributed by atoms with Crippen molar-refractivity contribution in [1.82, 2.24) is 9.21 Å². The standard InChI is InChI=1S/C13H19IN2O3S/c1-9(2)16(5)13(17)11-8-10(6-7-12(11)14)20(18,19)15(3)4/h6-9H,1-5H3. The molecule has 0 saturated heterocycles. The number of sulfonamides is 1. The molecule has 1 aromatic rings. The van der Waals surface area contributed by atoms with Gasteiger partial charge in [0.15, 0.2) is 0 Å². The molecule has 1 amide bonds. The van der Waals surface area contributed by atoms with Crippen LogP contribution in [0.3, 0.4) is 0 Å². The van der Waals surface area contributed by atoms with Crippen LogP contribution < -0.4 is 0 Å². The minimum absolute atomic E-state index is 0.0485. The van der Waals surface area contributed by atoms with E-state index in [1.54, 1.807) is 18.0 Å². The Bertz CT molecular complexity index is 612. The van der Waals surface area contributed by atoms with E-state index in [0.717, 1.165) is 7.88 Å². The predicted molar refractivity (Wildman–Crippen MR) is 87.3 cm³/mol. The quantitative estimate of drug-likeness (QED) is 0.714. The van der Waals surface area contributed by atoms with Gasteiger partial charge >= 0.3 is 0 Å². The van der Waals surface area contributed by atoms with Crippen molar-refractivity contribution in [2.45, 2.75) is 24.8 Å². The second kappa shape index (κ2) is 6.40. The highest BCUT2D eigenvalue weighted by Crippen LogP contribution is 2.21. The second-order valence-electron chi connectivity index (χ2n) is 4.94. The maximum Gasteiger partial charge on any atom is 0.254 e. The van der Waals surface area contributed by atoms with Crippen molar-refractivity contribution in [3.8, 4) is 0 Å². The summed E-state index contributed by atoms with van der Waals surface area (Å²) in [6, 6.07) is 4.66. The van der Waals surface area contributed by atoms with Crippen LogP contribution in [-0.4, -0.2) is 50.7 Å². The van der Waals surface area contributed by atoms with E-state index in [1.165, 1.54) is 26.2 Å². The minimum Gasteiger partial charge on any atom is -0.339 e. The molecule has 0 radical (unpaired) electrons. The van der Waals surface area contributed by atoms with E-state index >= 15 is 0 Å². The molecule has 112 valence electrons. The van der Waals surface area contributed by atoms with Crippen molar-refractivity contribution >= 4 is 38.5 Å². The lowest BCUT2D eigenvalue weighted by molar-refractivity contribution is 0.0753. The third-order valence-corrected chi connectivity index (χ3v) is 5.79. The largest absolute Gasteiger partial charge is 0.339 e. The Labute approximate surface area is 134 Å². The average molecular weight is 410 g/mol. The molecular weight excluding hydrogens is 391 g/mol. The first-order chi connectivity index (χ1) is 9.09. The zero-order chi connectivity index (χ0) is 15.7. The molecule has 0 saturated carbocycles. The van der Waals surface area contributed by atoms with Gasteiger partial charge < -0.3 is 4.90 Å². The van der Waals surface area contributed by atoms with Crippen molar-refractivity contribution in [3.63, 3.8) is 0 Å². The number of benzene rings is 1. The molecule has 0 spiro atoms. The van der Waals surface area contributed by atoms with E-state index < -0.39 is 10.0 Å². The molecular formula is C13H19IN2O3S. The van der Waals surface area contributed by atoms with Gasteiger partial charge in [-0.2, -0.15) is 0 Å². The molecule has 0 aliphatic rings. The molecule has 0 bridgehead atoms. The second-order valence-corrected chi connectivity index (χ2v) is 8.25. The van der Waals surface area contributed by atoms with Gasteiger partial charge in [-0.15, -0.1) is 0 Å². The molecule has 0 aromatic heterocycles. The molecule has 0 heterocycles. The summed E-state index contributed by atoms with van der Waals surface area (Å²) < 4.78 is 26.1. The Balaban J connectivity index is 3.34. The third kappa shape index (κ3) is 3.50. The number of halogens is 1. The van der Waals surface area contributed by atoms with E-state index in [9.17, 15) is 13.2 Å². The first kappa shape index (κ1) is 17.4. The molecule has 5 nitrogen and oxygen atoms in total. The maximum atomic E-state index is 12.4. The van der Waals surface area contributed by atoms with E-state index in [4.69, 9.17) is 0 Å². The van der Waals surface area contributed by atoms with Gasteiger partial charge in [-0.25, -0.2) is 12.7 Å². The lowest BCUT2D eigenvalue weighted by Gasteiger charge is -2.22. The van der Waals surface area contributed by atoms with Crippen LogP contribution in [0.2, 0.25) is 0 Å². The van der Waals surface area contributed by atoms with E-state index in [-0.39, 0.29) is 16.8 Å². The van der Waals surface area contributed by atoms with Crippen LogP contribution in [0.5, 0.6) is 0 Å². The molecule has 0 aliphatic heterocycles. The van der Waals surface area contributed by atoms with Crippen LogP contribution in [0.15, 0.2) is 23.1 Å². The number of hydrogen-bond donors (Lipinski definition) is 0. The molecule has 1 rings (SSSR count). The van der Waals surface area contributed by atoms with Gasteiger partial charge in [0, 0.05) is 30.8 Å². The number of carbonyl (C=O) groups is 1. The van der Waals surface area contributed by atoms with Crippen LogP contribution in [0.4, 0.5) is 0 Å². The summed E-state index contributed by atoms with van der Waals surface area (Å²) in [6.45, 7) is 3.82. The molecule has 20 heavy (non-hydrogen) atoms. The topological polar surface area (TPSA) is 57.7 Å². The fourth-order valence-corrected chi connectivity index (χ4v) is 2.96. The Morgan fingerprint density at radius 1 is 1.20 bits per heavy atom. The Morgan fingerprint density at radius 2 is 1.75 bits per heavy atom. The summed E-state index contributed by atoms with van der Waals surface area (Å²) in [6.07, 6.45) is 0. The summed E-state index contributed by atoms with van der Waals surface area (Å²) in [5.74, 6) is -0.180. The van der Waals surface area contributed by atoms with Gasteiger partial charge in [0.1, 0.15) is 0 Å². The van der Waals surface area contributed by atoms with E-state index in [2.05, 4.69) is 0 Å². The SMILES string of the molecule is CC(C)N(C)C(=O)c1cc(S(=O)(=O)N(C)C)ccc1I. The van der Waals surface area contributed by atoms with Crippen molar-refractivity contribution < 1.29 is 13.2 Å². The fraction of sp³-hybridized carbons (Fsp3) is 0.462. The zero-order valence-electron chi connectivity index (χ0n) is 12.2. The number of rotatable bonds is 4. The summed E-state index contributed by atoms with van der Waals surface area (Å²) >= 11 is 2.04. The molecule has 0 fully saturated rings. The summed E-state index contributed by atoms with van der Waals surface area (Å²) in [4.78, 5) is 14.1. The monoisotopic (exact) mass is 410 g/mol. The van der Waals surface area contributed by atoms with Gasteiger partial charge in [-0.1, -0.05) is 0 Å².